The molecule has 0 unspecified atom stereocenters. The van der Waals surface area contributed by atoms with Gasteiger partial charge in [-0.05, 0) is 24.3 Å². The lowest BCUT2D eigenvalue weighted by atomic mass is 10.3. The zero-order chi connectivity index (χ0) is 16.1. The Morgan fingerprint density at radius 2 is 1.95 bits per heavy atom. The van der Waals surface area contributed by atoms with Gasteiger partial charge < -0.3 is 14.7 Å². The maximum absolute atomic E-state index is 12.8. The molecule has 0 saturated heterocycles. The van der Waals surface area contributed by atoms with Gasteiger partial charge in [0.05, 0.1) is 6.61 Å². The number of hydrogen-bond donors (Lipinski definition) is 1. The Labute approximate surface area is 127 Å². The number of benzene rings is 1. The number of hydrogen-bond acceptors (Lipinski definition) is 5. The number of carboxylic acids is 1. The Morgan fingerprint density at radius 3 is 2.55 bits per heavy atom. The van der Waals surface area contributed by atoms with Crippen LogP contribution in [0.25, 0.3) is 0 Å². The molecule has 0 atom stereocenters. The fourth-order valence-corrected chi connectivity index (χ4v) is 1.72. The Bertz CT molecular complexity index is 660. The summed E-state index contributed by atoms with van der Waals surface area (Å²) in [5.41, 5.74) is -0.0597. The molecule has 0 saturated carbocycles. The molecular formula is C15H16FN3O3. The first-order valence-corrected chi connectivity index (χ1v) is 6.62. The molecule has 0 aliphatic carbocycles. The lowest BCUT2D eigenvalue weighted by Gasteiger charge is -2.13. The summed E-state index contributed by atoms with van der Waals surface area (Å²) in [7, 11) is 3.54. The van der Waals surface area contributed by atoms with E-state index >= 15 is 0 Å². The van der Waals surface area contributed by atoms with Gasteiger partial charge in [0.1, 0.15) is 23.2 Å². The minimum absolute atomic E-state index is 0.0597. The molecule has 0 bridgehead atoms. The number of carbonyl (C=O) groups is 1. The van der Waals surface area contributed by atoms with Gasteiger partial charge in [0.15, 0.2) is 5.69 Å². The number of anilines is 1. The van der Waals surface area contributed by atoms with Gasteiger partial charge in [-0.3, -0.25) is 0 Å². The number of nitrogens with zero attached hydrogens (tertiary/aromatic N) is 3. The van der Waals surface area contributed by atoms with E-state index < -0.39 is 5.97 Å². The highest BCUT2D eigenvalue weighted by Crippen LogP contribution is 2.13. The van der Waals surface area contributed by atoms with E-state index in [1.54, 1.807) is 19.0 Å². The van der Waals surface area contributed by atoms with Crippen LogP contribution in [0.1, 0.15) is 16.3 Å². The first-order chi connectivity index (χ1) is 10.5. The van der Waals surface area contributed by atoms with Crippen molar-refractivity contribution in [3.63, 3.8) is 0 Å². The maximum Gasteiger partial charge on any atom is 0.354 e. The average Bonchev–Trinajstić information content (AvgIpc) is 2.49. The van der Waals surface area contributed by atoms with Crippen molar-refractivity contribution in [3.05, 3.63) is 47.7 Å². The van der Waals surface area contributed by atoms with Gasteiger partial charge in [0.2, 0.25) is 0 Å². The molecule has 22 heavy (non-hydrogen) atoms. The Hall–Kier alpha value is -2.70. The molecular weight excluding hydrogens is 289 g/mol. The van der Waals surface area contributed by atoms with Crippen LogP contribution in [0.4, 0.5) is 10.2 Å². The Kier molecular flexibility index (Phi) is 4.88. The summed E-state index contributed by atoms with van der Waals surface area (Å²) in [5, 5.41) is 9.07. The molecule has 2 aromatic rings. The lowest BCUT2D eigenvalue weighted by Crippen LogP contribution is -2.16. The van der Waals surface area contributed by atoms with Crippen LogP contribution in [0.15, 0.2) is 30.3 Å². The summed E-state index contributed by atoms with van der Waals surface area (Å²) in [6.45, 7) is 0.265. The second kappa shape index (κ2) is 6.84. The van der Waals surface area contributed by atoms with Gasteiger partial charge in [-0.1, -0.05) is 0 Å². The molecule has 2 rings (SSSR count). The van der Waals surface area contributed by atoms with Crippen molar-refractivity contribution in [2.24, 2.45) is 0 Å². The minimum atomic E-state index is -1.11. The van der Waals surface area contributed by atoms with Crippen LogP contribution < -0.4 is 9.64 Å². The van der Waals surface area contributed by atoms with E-state index in [4.69, 9.17) is 9.84 Å². The third-order valence-corrected chi connectivity index (χ3v) is 2.84. The molecule has 116 valence electrons. The first kappa shape index (κ1) is 15.7. The standard InChI is InChI=1S/C15H16FN3O3/c1-19(2)14-9-12(15(20)21)17-13(18-14)7-8-22-11-5-3-10(16)4-6-11/h3-6,9H,7-8H2,1-2H3,(H,20,21). The summed E-state index contributed by atoms with van der Waals surface area (Å²) < 4.78 is 18.2. The van der Waals surface area contributed by atoms with Crippen molar-refractivity contribution in [2.75, 3.05) is 25.6 Å². The highest BCUT2D eigenvalue weighted by Gasteiger charge is 2.11. The third-order valence-electron chi connectivity index (χ3n) is 2.84. The number of carboxylic acid groups (broad SMARTS) is 1. The van der Waals surface area contributed by atoms with E-state index in [1.807, 2.05) is 0 Å². The van der Waals surface area contributed by atoms with Crippen molar-refractivity contribution >= 4 is 11.8 Å². The lowest BCUT2D eigenvalue weighted by molar-refractivity contribution is 0.0690. The predicted molar refractivity (Wildman–Crippen MR) is 78.9 cm³/mol. The fourth-order valence-electron chi connectivity index (χ4n) is 1.72. The van der Waals surface area contributed by atoms with Crippen LogP contribution in [-0.2, 0) is 6.42 Å². The van der Waals surface area contributed by atoms with Crippen molar-refractivity contribution < 1.29 is 19.0 Å². The predicted octanol–water partition coefficient (Wildman–Crippen LogP) is 2.00. The van der Waals surface area contributed by atoms with E-state index in [0.29, 0.717) is 23.8 Å². The van der Waals surface area contributed by atoms with Gasteiger partial charge in [-0.2, -0.15) is 0 Å². The second-order valence-electron chi connectivity index (χ2n) is 4.78. The number of halogens is 1. The van der Waals surface area contributed by atoms with Gasteiger partial charge in [0.25, 0.3) is 0 Å². The Balaban J connectivity index is 2.05. The molecule has 0 fully saturated rings. The van der Waals surface area contributed by atoms with E-state index in [2.05, 4.69) is 9.97 Å². The van der Waals surface area contributed by atoms with E-state index in [0.717, 1.165) is 0 Å². The Morgan fingerprint density at radius 1 is 1.27 bits per heavy atom. The molecule has 0 amide bonds. The summed E-state index contributed by atoms with van der Waals surface area (Å²) >= 11 is 0. The largest absolute Gasteiger partial charge is 0.493 e. The minimum Gasteiger partial charge on any atom is -0.493 e. The van der Waals surface area contributed by atoms with Crippen molar-refractivity contribution in [2.45, 2.75) is 6.42 Å². The molecule has 0 aliphatic rings. The van der Waals surface area contributed by atoms with Crippen molar-refractivity contribution in [3.8, 4) is 5.75 Å². The normalized spacial score (nSPS) is 10.3. The van der Waals surface area contributed by atoms with E-state index in [9.17, 15) is 9.18 Å². The van der Waals surface area contributed by atoms with Gasteiger partial charge in [-0.25, -0.2) is 19.2 Å². The number of rotatable bonds is 6. The van der Waals surface area contributed by atoms with Crippen LogP contribution in [0.2, 0.25) is 0 Å². The molecule has 0 aliphatic heterocycles. The summed E-state index contributed by atoms with van der Waals surface area (Å²) in [6.07, 6.45) is 0.347. The van der Waals surface area contributed by atoms with Crippen molar-refractivity contribution in [1.82, 2.24) is 9.97 Å². The van der Waals surface area contributed by atoms with Crippen LogP contribution >= 0.6 is 0 Å². The average molecular weight is 305 g/mol. The molecule has 7 heteroatoms. The zero-order valence-electron chi connectivity index (χ0n) is 12.3. The third kappa shape index (κ3) is 4.15. The summed E-state index contributed by atoms with van der Waals surface area (Å²) in [6, 6.07) is 7.07. The molecule has 1 N–H and O–H groups in total. The quantitative estimate of drug-likeness (QED) is 0.880. The van der Waals surface area contributed by atoms with Crippen LogP contribution in [0, 0.1) is 5.82 Å². The number of aromatic nitrogens is 2. The summed E-state index contributed by atoms with van der Waals surface area (Å²) in [4.78, 5) is 21.0. The summed E-state index contributed by atoms with van der Waals surface area (Å²) in [5.74, 6) is -0.00909. The topological polar surface area (TPSA) is 75.6 Å². The van der Waals surface area contributed by atoms with Crippen molar-refractivity contribution in [1.29, 1.82) is 0 Å². The van der Waals surface area contributed by atoms with Crippen LogP contribution in [0.5, 0.6) is 5.75 Å². The molecule has 0 spiro atoms. The van der Waals surface area contributed by atoms with E-state index in [1.165, 1.54) is 30.3 Å². The maximum atomic E-state index is 12.8. The van der Waals surface area contributed by atoms with Gasteiger partial charge >= 0.3 is 5.97 Å². The van der Waals surface area contributed by atoms with E-state index in [-0.39, 0.29) is 18.1 Å². The fraction of sp³-hybridized carbons (Fsp3) is 0.267. The number of ether oxygens (including phenoxy) is 1. The first-order valence-electron chi connectivity index (χ1n) is 6.62. The zero-order valence-corrected chi connectivity index (χ0v) is 12.3. The monoisotopic (exact) mass is 305 g/mol. The molecule has 0 radical (unpaired) electrons. The van der Waals surface area contributed by atoms with Gasteiger partial charge in [0, 0.05) is 26.6 Å². The molecule has 1 heterocycles. The molecule has 1 aromatic carbocycles. The molecule has 6 nitrogen and oxygen atoms in total. The highest BCUT2D eigenvalue weighted by molar-refractivity contribution is 5.86. The molecule has 1 aromatic heterocycles. The SMILES string of the molecule is CN(C)c1cc(C(=O)O)nc(CCOc2ccc(F)cc2)n1. The number of aromatic carboxylic acids is 1. The smallest absolute Gasteiger partial charge is 0.354 e. The van der Waals surface area contributed by atoms with Crippen LogP contribution in [-0.4, -0.2) is 41.7 Å². The highest BCUT2D eigenvalue weighted by atomic mass is 19.1. The van der Waals surface area contributed by atoms with Crippen LogP contribution in [0.3, 0.4) is 0 Å². The second-order valence-corrected chi connectivity index (χ2v) is 4.78. The van der Waals surface area contributed by atoms with Gasteiger partial charge in [-0.15, -0.1) is 0 Å².